The Morgan fingerprint density at radius 2 is 2.24 bits per heavy atom. The minimum absolute atomic E-state index is 0.0823. The predicted molar refractivity (Wildman–Crippen MR) is 80.0 cm³/mol. The molecule has 1 saturated heterocycles. The third-order valence-electron chi connectivity index (χ3n) is 4.05. The van der Waals surface area contributed by atoms with Gasteiger partial charge in [-0.2, -0.15) is 0 Å². The van der Waals surface area contributed by atoms with Gasteiger partial charge in [-0.25, -0.2) is 0 Å². The summed E-state index contributed by atoms with van der Waals surface area (Å²) in [6, 6.07) is 5.44. The van der Waals surface area contributed by atoms with Gasteiger partial charge in [0.15, 0.2) is 11.5 Å². The molecule has 0 aliphatic carbocycles. The average molecular weight is 290 g/mol. The number of carbonyl (C=O) groups is 1. The minimum atomic E-state index is -0.0823. The van der Waals surface area contributed by atoms with Gasteiger partial charge in [-0.15, -0.1) is 0 Å². The largest absolute Gasteiger partial charge is 0.486 e. The van der Waals surface area contributed by atoms with Crippen LogP contribution in [0.5, 0.6) is 11.5 Å². The highest BCUT2D eigenvalue weighted by Crippen LogP contribution is 2.33. The third kappa shape index (κ3) is 3.47. The highest BCUT2D eigenvalue weighted by Gasteiger charge is 2.20. The third-order valence-corrected chi connectivity index (χ3v) is 4.05. The molecular weight excluding hydrogens is 268 g/mol. The molecule has 0 bridgehead atoms. The second kappa shape index (κ2) is 6.80. The van der Waals surface area contributed by atoms with Crippen LogP contribution in [0.4, 0.5) is 0 Å². The Morgan fingerprint density at radius 1 is 1.33 bits per heavy atom. The fourth-order valence-electron chi connectivity index (χ4n) is 2.91. The van der Waals surface area contributed by atoms with E-state index in [2.05, 4.69) is 10.6 Å². The molecule has 114 valence electrons. The molecule has 5 nitrogen and oxygen atoms in total. The van der Waals surface area contributed by atoms with Gasteiger partial charge in [-0.05, 0) is 50.4 Å². The van der Waals surface area contributed by atoms with E-state index in [-0.39, 0.29) is 5.91 Å². The molecule has 2 aliphatic heterocycles. The summed E-state index contributed by atoms with van der Waals surface area (Å²) in [4.78, 5) is 12.3. The SMILES string of the molecule is O=C(NCCC1CCCNC1)c1cccc2c1OCCO2. The van der Waals surface area contributed by atoms with Crippen LogP contribution in [0.15, 0.2) is 18.2 Å². The van der Waals surface area contributed by atoms with Crippen molar-refractivity contribution in [3.8, 4) is 11.5 Å². The lowest BCUT2D eigenvalue weighted by molar-refractivity contribution is 0.0939. The Kier molecular flexibility index (Phi) is 4.60. The summed E-state index contributed by atoms with van der Waals surface area (Å²) in [6.07, 6.45) is 3.50. The van der Waals surface area contributed by atoms with Crippen LogP contribution < -0.4 is 20.1 Å². The number of hydrogen-bond acceptors (Lipinski definition) is 4. The maximum atomic E-state index is 12.3. The number of hydrogen-bond donors (Lipinski definition) is 2. The first-order valence-corrected chi connectivity index (χ1v) is 7.72. The number of nitrogens with one attached hydrogen (secondary N) is 2. The number of rotatable bonds is 4. The number of benzene rings is 1. The zero-order valence-corrected chi connectivity index (χ0v) is 12.2. The smallest absolute Gasteiger partial charge is 0.255 e. The Morgan fingerprint density at radius 3 is 3.10 bits per heavy atom. The van der Waals surface area contributed by atoms with Gasteiger partial charge in [0.2, 0.25) is 0 Å². The molecule has 1 aromatic rings. The first kappa shape index (κ1) is 14.2. The fourth-order valence-corrected chi connectivity index (χ4v) is 2.91. The second-order valence-corrected chi connectivity index (χ2v) is 5.59. The lowest BCUT2D eigenvalue weighted by atomic mass is 9.96. The summed E-state index contributed by atoms with van der Waals surface area (Å²) >= 11 is 0. The van der Waals surface area contributed by atoms with Gasteiger partial charge in [-0.1, -0.05) is 6.07 Å². The predicted octanol–water partition coefficient (Wildman–Crippen LogP) is 1.58. The normalized spacial score (nSPS) is 20.9. The number of piperidine rings is 1. The zero-order chi connectivity index (χ0) is 14.5. The van der Waals surface area contributed by atoms with E-state index in [1.54, 1.807) is 6.07 Å². The summed E-state index contributed by atoms with van der Waals surface area (Å²) in [7, 11) is 0. The molecule has 0 spiro atoms. The highest BCUT2D eigenvalue weighted by molar-refractivity contribution is 5.97. The van der Waals surface area contributed by atoms with Crippen molar-refractivity contribution in [3.05, 3.63) is 23.8 Å². The van der Waals surface area contributed by atoms with Gasteiger partial charge in [0.05, 0.1) is 5.56 Å². The number of carbonyl (C=O) groups excluding carboxylic acids is 1. The maximum absolute atomic E-state index is 12.3. The van der Waals surface area contributed by atoms with Crippen LogP contribution in [0.3, 0.4) is 0 Å². The van der Waals surface area contributed by atoms with Crippen molar-refractivity contribution < 1.29 is 14.3 Å². The van der Waals surface area contributed by atoms with Crippen molar-refractivity contribution in [2.24, 2.45) is 5.92 Å². The first-order valence-electron chi connectivity index (χ1n) is 7.72. The zero-order valence-electron chi connectivity index (χ0n) is 12.2. The molecular formula is C16H22N2O3. The van der Waals surface area contributed by atoms with Crippen LogP contribution in [-0.4, -0.2) is 38.8 Å². The molecule has 1 amide bonds. The summed E-state index contributed by atoms with van der Waals surface area (Å²) < 4.78 is 11.1. The topological polar surface area (TPSA) is 59.6 Å². The van der Waals surface area contributed by atoms with Gasteiger partial charge in [0.1, 0.15) is 13.2 Å². The van der Waals surface area contributed by atoms with E-state index in [1.807, 2.05) is 12.1 Å². The van der Waals surface area contributed by atoms with Gasteiger partial charge >= 0.3 is 0 Å². The average Bonchev–Trinajstić information content (AvgIpc) is 2.55. The van der Waals surface area contributed by atoms with Crippen molar-refractivity contribution in [1.82, 2.24) is 10.6 Å². The van der Waals surface area contributed by atoms with Crippen LogP contribution in [0.2, 0.25) is 0 Å². The molecule has 3 rings (SSSR count). The summed E-state index contributed by atoms with van der Waals surface area (Å²) in [6.45, 7) is 3.91. The lowest BCUT2D eigenvalue weighted by Gasteiger charge is -2.23. The van der Waals surface area contributed by atoms with E-state index in [0.717, 1.165) is 19.5 Å². The van der Waals surface area contributed by atoms with E-state index in [0.29, 0.717) is 42.7 Å². The molecule has 0 aromatic heterocycles. The van der Waals surface area contributed by atoms with Crippen LogP contribution >= 0.6 is 0 Å². The molecule has 1 unspecified atom stereocenters. The fraction of sp³-hybridized carbons (Fsp3) is 0.562. The lowest BCUT2D eigenvalue weighted by Crippen LogP contribution is -2.33. The van der Waals surface area contributed by atoms with E-state index >= 15 is 0 Å². The number of amides is 1. The Labute approximate surface area is 125 Å². The van der Waals surface area contributed by atoms with Crippen LogP contribution in [0.1, 0.15) is 29.6 Å². The summed E-state index contributed by atoms with van der Waals surface area (Å²) in [5.41, 5.74) is 0.564. The maximum Gasteiger partial charge on any atom is 0.255 e. The number of fused-ring (bicyclic) bond motifs is 1. The molecule has 1 fully saturated rings. The van der Waals surface area contributed by atoms with Crippen molar-refractivity contribution in [2.75, 3.05) is 32.8 Å². The molecule has 1 aromatic carbocycles. The molecule has 2 aliphatic rings. The molecule has 1 atom stereocenters. The second-order valence-electron chi connectivity index (χ2n) is 5.59. The molecule has 5 heteroatoms. The van der Waals surface area contributed by atoms with Crippen molar-refractivity contribution in [1.29, 1.82) is 0 Å². The molecule has 2 N–H and O–H groups in total. The summed E-state index contributed by atoms with van der Waals surface area (Å²) in [5, 5.41) is 6.39. The van der Waals surface area contributed by atoms with E-state index in [1.165, 1.54) is 12.8 Å². The number of para-hydroxylation sites is 1. The number of ether oxygens (including phenoxy) is 2. The van der Waals surface area contributed by atoms with E-state index < -0.39 is 0 Å². The minimum Gasteiger partial charge on any atom is -0.486 e. The molecule has 2 heterocycles. The molecule has 0 radical (unpaired) electrons. The van der Waals surface area contributed by atoms with Gasteiger partial charge in [0.25, 0.3) is 5.91 Å². The van der Waals surface area contributed by atoms with Gasteiger partial charge < -0.3 is 20.1 Å². The Balaban J connectivity index is 1.55. The molecule has 0 saturated carbocycles. The van der Waals surface area contributed by atoms with Gasteiger partial charge in [0, 0.05) is 6.54 Å². The Bertz CT molecular complexity index is 498. The van der Waals surface area contributed by atoms with Crippen LogP contribution in [-0.2, 0) is 0 Å². The van der Waals surface area contributed by atoms with Crippen LogP contribution in [0, 0.1) is 5.92 Å². The van der Waals surface area contributed by atoms with Crippen LogP contribution in [0.25, 0.3) is 0 Å². The van der Waals surface area contributed by atoms with E-state index in [4.69, 9.17) is 9.47 Å². The standard InChI is InChI=1S/C16H22N2O3/c19-16(18-8-6-12-3-2-7-17-11-12)13-4-1-5-14-15(13)21-10-9-20-14/h1,4-5,12,17H,2-3,6-11H2,(H,18,19). The monoisotopic (exact) mass is 290 g/mol. The quantitative estimate of drug-likeness (QED) is 0.884. The molecule has 21 heavy (non-hydrogen) atoms. The van der Waals surface area contributed by atoms with E-state index in [9.17, 15) is 4.79 Å². The van der Waals surface area contributed by atoms with Crippen molar-refractivity contribution in [2.45, 2.75) is 19.3 Å². The highest BCUT2D eigenvalue weighted by atomic mass is 16.6. The van der Waals surface area contributed by atoms with Crippen molar-refractivity contribution >= 4 is 5.91 Å². The first-order chi connectivity index (χ1) is 10.3. The Hall–Kier alpha value is -1.75. The summed E-state index contributed by atoms with van der Waals surface area (Å²) in [5.74, 6) is 1.82. The van der Waals surface area contributed by atoms with Crippen molar-refractivity contribution in [3.63, 3.8) is 0 Å². The van der Waals surface area contributed by atoms with Gasteiger partial charge in [-0.3, -0.25) is 4.79 Å².